The van der Waals surface area contributed by atoms with Crippen LogP contribution >= 0.6 is 0 Å². The molecule has 1 aliphatic heterocycles. The van der Waals surface area contributed by atoms with Gasteiger partial charge in [0.25, 0.3) is 0 Å². The first-order valence-electron chi connectivity index (χ1n) is 6.13. The molecule has 1 aliphatic rings. The Hall–Kier alpha value is -1.10. The number of nitrogens with one attached hydrogen (secondary N) is 1. The Balaban J connectivity index is 2.35. The van der Waals surface area contributed by atoms with E-state index in [2.05, 4.69) is 5.32 Å². The molecule has 3 N–H and O–H groups in total. The first-order chi connectivity index (χ1) is 7.82. The summed E-state index contributed by atoms with van der Waals surface area (Å²) in [7, 11) is 0. The van der Waals surface area contributed by atoms with Crippen LogP contribution in [-0.4, -0.2) is 42.4 Å². The SMILES string of the molecule is CC(C)(C)[C@H](N)C(=O)NCC(=O)N1CCCC1. The molecule has 0 bridgehead atoms. The number of nitrogens with two attached hydrogens (primary N) is 1. The quantitative estimate of drug-likeness (QED) is 0.735. The maximum absolute atomic E-state index is 11.7. The van der Waals surface area contributed by atoms with E-state index in [1.807, 2.05) is 20.8 Å². The number of amides is 2. The van der Waals surface area contributed by atoms with Crippen LogP contribution < -0.4 is 11.1 Å². The van der Waals surface area contributed by atoms with E-state index in [0.717, 1.165) is 25.9 Å². The summed E-state index contributed by atoms with van der Waals surface area (Å²) < 4.78 is 0. The molecule has 2 amide bonds. The smallest absolute Gasteiger partial charge is 0.241 e. The molecule has 0 aromatic rings. The average molecular weight is 241 g/mol. The van der Waals surface area contributed by atoms with Crippen LogP contribution in [0.4, 0.5) is 0 Å². The van der Waals surface area contributed by atoms with Gasteiger partial charge in [-0.3, -0.25) is 9.59 Å². The highest BCUT2D eigenvalue weighted by atomic mass is 16.2. The Labute approximate surface area is 103 Å². The van der Waals surface area contributed by atoms with Crippen LogP contribution in [-0.2, 0) is 9.59 Å². The van der Waals surface area contributed by atoms with Crippen molar-refractivity contribution >= 4 is 11.8 Å². The standard InChI is InChI=1S/C12H23N3O2/c1-12(2,3)10(13)11(17)14-8-9(16)15-6-4-5-7-15/h10H,4-8,13H2,1-3H3,(H,14,17)/t10-/m1/s1. The second-order valence-electron chi connectivity index (χ2n) is 5.65. The topological polar surface area (TPSA) is 75.4 Å². The largest absolute Gasteiger partial charge is 0.346 e. The minimum Gasteiger partial charge on any atom is -0.346 e. The first kappa shape index (κ1) is 14.0. The van der Waals surface area contributed by atoms with Crippen LogP contribution in [0.15, 0.2) is 0 Å². The van der Waals surface area contributed by atoms with Gasteiger partial charge >= 0.3 is 0 Å². The van der Waals surface area contributed by atoms with Gasteiger partial charge in [-0.1, -0.05) is 20.8 Å². The van der Waals surface area contributed by atoms with E-state index in [-0.39, 0.29) is 23.8 Å². The molecule has 0 aromatic heterocycles. The van der Waals surface area contributed by atoms with Crippen LogP contribution in [0.3, 0.4) is 0 Å². The van der Waals surface area contributed by atoms with Crippen molar-refractivity contribution in [3.8, 4) is 0 Å². The first-order valence-corrected chi connectivity index (χ1v) is 6.13. The van der Waals surface area contributed by atoms with Crippen molar-refractivity contribution in [2.45, 2.75) is 39.7 Å². The Morgan fingerprint density at radius 3 is 2.29 bits per heavy atom. The van der Waals surface area contributed by atoms with E-state index >= 15 is 0 Å². The summed E-state index contributed by atoms with van der Waals surface area (Å²) in [6, 6.07) is -0.589. The van der Waals surface area contributed by atoms with Crippen LogP contribution in [0.2, 0.25) is 0 Å². The highest BCUT2D eigenvalue weighted by Gasteiger charge is 2.28. The Bertz CT molecular complexity index is 291. The van der Waals surface area contributed by atoms with Gasteiger partial charge in [0.1, 0.15) is 0 Å². The summed E-state index contributed by atoms with van der Waals surface area (Å²) in [6.07, 6.45) is 2.11. The molecule has 0 aliphatic carbocycles. The zero-order chi connectivity index (χ0) is 13.1. The molecular weight excluding hydrogens is 218 g/mol. The van der Waals surface area contributed by atoms with Crippen LogP contribution in [0.25, 0.3) is 0 Å². The monoisotopic (exact) mass is 241 g/mol. The van der Waals surface area contributed by atoms with Crippen molar-refractivity contribution in [1.82, 2.24) is 10.2 Å². The third-order valence-corrected chi connectivity index (χ3v) is 3.09. The van der Waals surface area contributed by atoms with Crippen LogP contribution in [0.1, 0.15) is 33.6 Å². The second kappa shape index (κ2) is 5.49. The lowest BCUT2D eigenvalue weighted by molar-refractivity contribution is -0.133. The molecule has 1 heterocycles. The van der Waals surface area contributed by atoms with E-state index in [1.165, 1.54) is 0 Å². The number of carbonyl (C=O) groups is 2. The Kier molecular flexibility index (Phi) is 4.51. The zero-order valence-corrected chi connectivity index (χ0v) is 11.0. The van der Waals surface area contributed by atoms with E-state index in [4.69, 9.17) is 5.73 Å². The number of hydrogen-bond donors (Lipinski definition) is 2. The molecule has 0 radical (unpaired) electrons. The molecule has 0 aromatic carbocycles. The maximum atomic E-state index is 11.7. The number of hydrogen-bond acceptors (Lipinski definition) is 3. The maximum Gasteiger partial charge on any atom is 0.241 e. The summed E-state index contributed by atoms with van der Waals surface area (Å²) in [4.78, 5) is 25.2. The average Bonchev–Trinajstić information content (AvgIpc) is 2.76. The predicted octanol–water partition coefficient (Wildman–Crippen LogP) is 0.0984. The zero-order valence-electron chi connectivity index (χ0n) is 11.0. The van der Waals surface area contributed by atoms with E-state index in [1.54, 1.807) is 4.90 Å². The van der Waals surface area contributed by atoms with Crippen molar-refractivity contribution in [2.75, 3.05) is 19.6 Å². The minimum absolute atomic E-state index is 0.0167. The highest BCUT2D eigenvalue weighted by molar-refractivity contribution is 5.87. The fourth-order valence-electron chi connectivity index (χ4n) is 1.74. The van der Waals surface area contributed by atoms with Gasteiger partial charge in [-0.05, 0) is 18.3 Å². The van der Waals surface area contributed by atoms with Gasteiger partial charge in [-0.15, -0.1) is 0 Å². The fourth-order valence-corrected chi connectivity index (χ4v) is 1.74. The van der Waals surface area contributed by atoms with Gasteiger partial charge in [0, 0.05) is 13.1 Å². The molecule has 0 spiro atoms. The number of rotatable bonds is 3. The van der Waals surface area contributed by atoms with Crippen molar-refractivity contribution in [2.24, 2.45) is 11.1 Å². The van der Waals surface area contributed by atoms with Gasteiger partial charge in [-0.25, -0.2) is 0 Å². The summed E-state index contributed by atoms with van der Waals surface area (Å²) in [6.45, 7) is 7.38. The lowest BCUT2D eigenvalue weighted by Gasteiger charge is -2.26. The van der Waals surface area contributed by atoms with Gasteiger partial charge in [-0.2, -0.15) is 0 Å². The summed E-state index contributed by atoms with van der Waals surface area (Å²) in [5.41, 5.74) is 5.51. The van der Waals surface area contributed by atoms with Crippen molar-refractivity contribution in [1.29, 1.82) is 0 Å². The molecule has 1 rings (SSSR count). The third-order valence-electron chi connectivity index (χ3n) is 3.09. The number of nitrogens with zero attached hydrogens (tertiary/aromatic N) is 1. The molecule has 0 saturated carbocycles. The predicted molar refractivity (Wildman–Crippen MR) is 66.3 cm³/mol. The van der Waals surface area contributed by atoms with Gasteiger partial charge in [0.15, 0.2) is 0 Å². The second-order valence-corrected chi connectivity index (χ2v) is 5.65. The third kappa shape index (κ3) is 4.00. The van der Waals surface area contributed by atoms with Crippen molar-refractivity contribution < 1.29 is 9.59 Å². The summed E-state index contributed by atoms with van der Waals surface area (Å²) in [5, 5.41) is 2.61. The molecule has 5 nitrogen and oxygen atoms in total. The molecule has 5 heteroatoms. The fraction of sp³-hybridized carbons (Fsp3) is 0.833. The highest BCUT2D eigenvalue weighted by Crippen LogP contribution is 2.17. The van der Waals surface area contributed by atoms with Gasteiger partial charge < -0.3 is 16.0 Å². The Morgan fingerprint density at radius 2 is 1.82 bits per heavy atom. The van der Waals surface area contributed by atoms with Crippen LogP contribution in [0, 0.1) is 5.41 Å². The van der Waals surface area contributed by atoms with E-state index < -0.39 is 6.04 Å². The molecule has 98 valence electrons. The molecule has 1 fully saturated rings. The molecule has 1 saturated heterocycles. The van der Waals surface area contributed by atoms with Gasteiger partial charge in [0.2, 0.25) is 11.8 Å². The lowest BCUT2D eigenvalue weighted by Crippen LogP contribution is -2.50. The number of carbonyl (C=O) groups excluding carboxylic acids is 2. The molecule has 17 heavy (non-hydrogen) atoms. The Morgan fingerprint density at radius 1 is 1.29 bits per heavy atom. The van der Waals surface area contributed by atoms with Crippen LogP contribution in [0.5, 0.6) is 0 Å². The molecule has 1 atom stereocenters. The normalized spacial score (nSPS) is 18.0. The van der Waals surface area contributed by atoms with E-state index in [9.17, 15) is 9.59 Å². The minimum atomic E-state index is -0.589. The number of likely N-dealkylation sites (tertiary alicyclic amines) is 1. The molecule has 0 unspecified atom stereocenters. The lowest BCUT2D eigenvalue weighted by atomic mass is 9.87. The van der Waals surface area contributed by atoms with Crippen molar-refractivity contribution in [3.05, 3.63) is 0 Å². The van der Waals surface area contributed by atoms with Crippen molar-refractivity contribution in [3.63, 3.8) is 0 Å². The van der Waals surface area contributed by atoms with E-state index in [0.29, 0.717) is 0 Å². The summed E-state index contributed by atoms with van der Waals surface area (Å²) >= 11 is 0. The summed E-state index contributed by atoms with van der Waals surface area (Å²) in [5.74, 6) is -0.276. The molecular formula is C12H23N3O2. The van der Waals surface area contributed by atoms with Gasteiger partial charge in [0.05, 0.1) is 12.6 Å².